The van der Waals surface area contributed by atoms with Crippen molar-refractivity contribution in [3.05, 3.63) is 12.3 Å². The van der Waals surface area contributed by atoms with Gasteiger partial charge < -0.3 is 5.11 Å². The van der Waals surface area contributed by atoms with Gasteiger partial charge in [0.2, 0.25) is 0 Å². The van der Waals surface area contributed by atoms with Gasteiger partial charge in [-0.05, 0) is 19.8 Å². The second-order valence-corrected chi connectivity index (χ2v) is 2.76. The Bertz CT molecular complexity index is 147. The SMILES string of the molecule is C=C1CCC(O)C(C)N1O. The minimum absolute atomic E-state index is 0.207. The third-order valence-corrected chi connectivity index (χ3v) is 2.00. The first-order chi connectivity index (χ1) is 4.63. The van der Waals surface area contributed by atoms with E-state index in [9.17, 15) is 10.3 Å². The predicted molar refractivity (Wildman–Crippen MR) is 37.5 cm³/mol. The number of allylic oxidation sites excluding steroid dienone is 1. The molecule has 2 unspecified atom stereocenters. The Hall–Kier alpha value is -0.540. The summed E-state index contributed by atoms with van der Waals surface area (Å²) in [6, 6.07) is -0.207. The van der Waals surface area contributed by atoms with Crippen molar-refractivity contribution in [2.75, 3.05) is 0 Å². The molecular weight excluding hydrogens is 130 g/mol. The van der Waals surface area contributed by atoms with Crippen LogP contribution in [0.25, 0.3) is 0 Å². The number of nitrogens with zero attached hydrogens (tertiary/aromatic N) is 1. The summed E-state index contributed by atoms with van der Waals surface area (Å²) in [6.07, 6.45) is 0.967. The van der Waals surface area contributed by atoms with Crippen LogP contribution in [0, 0.1) is 0 Å². The van der Waals surface area contributed by atoms with Crippen molar-refractivity contribution in [1.29, 1.82) is 0 Å². The topological polar surface area (TPSA) is 43.7 Å². The normalized spacial score (nSPS) is 34.7. The molecule has 3 heteroatoms. The molecule has 1 aliphatic heterocycles. The molecule has 0 radical (unpaired) electrons. The Balaban J connectivity index is 2.60. The van der Waals surface area contributed by atoms with Crippen LogP contribution in [0.4, 0.5) is 0 Å². The number of piperidine rings is 1. The zero-order valence-electron chi connectivity index (χ0n) is 6.12. The second kappa shape index (κ2) is 2.60. The van der Waals surface area contributed by atoms with Crippen LogP contribution in [0.1, 0.15) is 19.8 Å². The van der Waals surface area contributed by atoms with Crippen LogP contribution in [0.15, 0.2) is 12.3 Å². The average Bonchev–Trinajstić information content (AvgIpc) is 1.93. The number of hydrogen-bond acceptors (Lipinski definition) is 3. The summed E-state index contributed by atoms with van der Waals surface area (Å²) >= 11 is 0. The van der Waals surface area contributed by atoms with Gasteiger partial charge in [-0.3, -0.25) is 10.3 Å². The Kier molecular flexibility index (Phi) is 1.97. The zero-order valence-corrected chi connectivity index (χ0v) is 6.12. The fraction of sp³-hybridized carbons (Fsp3) is 0.714. The fourth-order valence-electron chi connectivity index (χ4n) is 1.12. The largest absolute Gasteiger partial charge is 0.391 e. The van der Waals surface area contributed by atoms with Gasteiger partial charge in [0.15, 0.2) is 0 Å². The maximum Gasteiger partial charge on any atom is 0.0790 e. The molecule has 10 heavy (non-hydrogen) atoms. The van der Waals surface area contributed by atoms with Gasteiger partial charge in [0.05, 0.1) is 12.1 Å². The van der Waals surface area contributed by atoms with E-state index in [0.29, 0.717) is 18.5 Å². The summed E-state index contributed by atoms with van der Waals surface area (Å²) in [7, 11) is 0. The highest BCUT2D eigenvalue weighted by atomic mass is 16.5. The molecule has 1 fully saturated rings. The van der Waals surface area contributed by atoms with Gasteiger partial charge in [-0.15, -0.1) is 0 Å². The smallest absolute Gasteiger partial charge is 0.0790 e. The number of rotatable bonds is 0. The summed E-state index contributed by atoms with van der Waals surface area (Å²) in [5.41, 5.74) is 0.692. The van der Waals surface area contributed by atoms with Crippen LogP contribution in [0.2, 0.25) is 0 Å². The van der Waals surface area contributed by atoms with Gasteiger partial charge >= 0.3 is 0 Å². The average molecular weight is 143 g/mol. The molecule has 1 heterocycles. The van der Waals surface area contributed by atoms with Gasteiger partial charge in [-0.1, -0.05) is 6.58 Å². The van der Waals surface area contributed by atoms with Gasteiger partial charge in [0.1, 0.15) is 0 Å². The zero-order chi connectivity index (χ0) is 7.72. The molecular formula is C7H13NO2. The van der Waals surface area contributed by atoms with Crippen molar-refractivity contribution in [3.63, 3.8) is 0 Å². The highest BCUT2D eigenvalue weighted by Gasteiger charge is 2.26. The molecule has 0 bridgehead atoms. The summed E-state index contributed by atoms with van der Waals surface area (Å²) in [4.78, 5) is 0. The van der Waals surface area contributed by atoms with Gasteiger partial charge in [-0.2, -0.15) is 0 Å². The second-order valence-electron chi connectivity index (χ2n) is 2.76. The van der Waals surface area contributed by atoms with Gasteiger partial charge in [0.25, 0.3) is 0 Å². The summed E-state index contributed by atoms with van der Waals surface area (Å²) < 4.78 is 0. The lowest BCUT2D eigenvalue weighted by Gasteiger charge is -2.34. The predicted octanol–water partition coefficient (Wildman–Crippen LogP) is 0.734. The molecule has 1 saturated heterocycles. The van der Waals surface area contributed by atoms with Crippen molar-refractivity contribution in [3.8, 4) is 0 Å². The maximum absolute atomic E-state index is 9.22. The van der Waals surface area contributed by atoms with E-state index in [-0.39, 0.29) is 6.04 Å². The summed E-state index contributed by atoms with van der Waals surface area (Å²) in [6.45, 7) is 5.42. The fourth-order valence-corrected chi connectivity index (χ4v) is 1.12. The third-order valence-electron chi connectivity index (χ3n) is 2.00. The van der Waals surface area contributed by atoms with E-state index in [1.54, 1.807) is 6.92 Å². The van der Waals surface area contributed by atoms with Crippen LogP contribution < -0.4 is 0 Å². The van der Waals surface area contributed by atoms with Crippen molar-refractivity contribution < 1.29 is 10.3 Å². The molecule has 1 aliphatic rings. The first-order valence-electron chi connectivity index (χ1n) is 3.47. The first-order valence-corrected chi connectivity index (χ1v) is 3.47. The van der Waals surface area contributed by atoms with Crippen molar-refractivity contribution in [1.82, 2.24) is 5.06 Å². The molecule has 0 spiro atoms. The van der Waals surface area contributed by atoms with E-state index < -0.39 is 6.10 Å². The van der Waals surface area contributed by atoms with Crippen LogP contribution >= 0.6 is 0 Å². The number of aliphatic hydroxyl groups excluding tert-OH is 1. The molecule has 0 saturated carbocycles. The first kappa shape index (κ1) is 7.57. The van der Waals surface area contributed by atoms with Crippen LogP contribution in [-0.4, -0.2) is 27.5 Å². The Morgan fingerprint density at radius 2 is 2.30 bits per heavy atom. The lowest BCUT2D eigenvalue weighted by Crippen LogP contribution is -2.42. The van der Waals surface area contributed by atoms with Crippen LogP contribution in [-0.2, 0) is 0 Å². The van der Waals surface area contributed by atoms with E-state index in [1.165, 1.54) is 0 Å². The lowest BCUT2D eigenvalue weighted by molar-refractivity contribution is -0.138. The minimum atomic E-state index is -0.421. The third kappa shape index (κ3) is 1.15. The van der Waals surface area contributed by atoms with E-state index in [4.69, 9.17) is 0 Å². The van der Waals surface area contributed by atoms with Crippen molar-refractivity contribution in [2.45, 2.75) is 31.9 Å². The van der Waals surface area contributed by atoms with E-state index in [2.05, 4.69) is 6.58 Å². The van der Waals surface area contributed by atoms with Crippen LogP contribution in [0.3, 0.4) is 0 Å². The molecule has 3 nitrogen and oxygen atoms in total. The maximum atomic E-state index is 9.22. The van der Waals surface area contributed by atoms with Crippen LogP contribution in [0.5, 0.6) is 0 Å². The molecule has 0 aromatic carbocycles. The lowest BCUT2D eigenvalue weighted by atomic mass is 10.0. The highest BCUT2D eigenvalue weighted by molar-refractivity contribution is 4.98. The quantitative estimate of drug-likeness (QED) is 0.525. The molecule has 1 rings (SSSR count). The van der Waals surface area contributed by atoms with Gasteiger partial charge in [-0.25, -0.2) is 0 Å². The molecule has 2 atom stereocenters. The molecule has 0 aliphatic carbocycles. The van der Waals surface area contributed by atoms with E-state index >= 15 is 0 Å². The van der Waals surface area contributed by atoms with E-state index in [1.807, 2.05) is 0 Å². The Labute approximate surface area is 60.5 Å². The number of hydroxylamine groups is 2. The van der Waals surface area contributed by atoms with Gasteiger partial charge in [0, 0.05) is 5.70 Å². The molecule has 0 aromatic rings. The van der Waals surface area contributed by atoms with Crippen molar-refractivity contribution in [2.24, 2.45) is 0 Å². The van der Waals surface area contributed by atoms with E-state index in [0.717, 1.165) is 5.06 Å². The standard InChI is InChI=1S/C7H13NO2/c1-5-3-4-7(9)6(2)8(5)10/h6-7,9-10H,1,3-4H2,2H3. The molecule has 0 aromatic heterocycles. The Morgan fingerprint density at radius 1 is 1.70 bits per heavy atom. The summed E-state index contributed by atoms with van der Waals surface area (Å²) in [5.74, 6) is 0. The molecule has 58 valence electrons. The minimum Gasteiger partial charge on any atom is -0.391 e. The Morgan fingerprint density at radius 3 is 2.80 bits per heavy atom. The highest BCUT2D eigenvalue weighted by Crippen LogP contribution is 2.22. The summed E-state index contributed by atoms with van der Waals surface area (Å²) in [5, 5.41) is 19.5. The molecule has 0 amide bonds. The monoisotopic (exact) mass is 143 g/mol. The number of aliphatic hydroxyl groups is 1. The van der Waals surface area contributed by atoms with Crippen molar-refractivity contribution >= 4 is 0 Å². The number of hydrogen-bond donors (Lipinski definition) is 2. The molecule has 2 N–H and O–H groups in total.